The van der Waals surface area contributed by atoms with Crippen LogP contribution >= 0.6 is 0 Å². The number of ketones is 1. The number of nitrogens with one attached hydrogen (secondary N) is 2. The first-order valence-electron chi connectivity index (χ1n) is 7.55. The number of nitrogens with zero attached hydrogens (tertiary/aromatic N) is 3. The van der Waals surface area contributed by atoms with Crippen molar-refractivity contribution in [3.05, 3.63) is 54.2 Å². The summed E-state index contributed by atoms with van der Waals surface area (Å²) < 4.78 is 5.16. The third-order valence-electron chi connectivity index (χ3n) is 3.52. The molecular formula is C16H14N6O4. The number of aromatic amines is 1. The van der Waals surface area contributed by atoms with Gasteiger partial charge in [0.05, 0.1) is 12.0 Å². The maximum absolute atomic E-state index is 12.6. The molecule has 0 fully saturated rings. The lowest BCUT2D eigenvalue weighted by Gasteiger charge is -2.14. The fourth-order valence-corrected chi connectivity index (χ4v) is 2.31. The maximum atomic E-state index is 12.6. The molecule has 0 aromatic carbocycles. The van der Waals surface area contributed by atoms with Crippen LogP contribution in [-0.2, 0) is 16.0 Å². The molecule has 10 nitrogen and oxygen atoms in total. The number of hydrogen-bond acceptors (Lipinski definition) is 7. The van der Waals surface area contributed by atoms with Gasteiger partial charge in [0, 0.05) is 12.6 Å². The molecule has 0 saturated carbocycles. The van der Waals surface area contributed by atoms with Crippen molar-refractivity contribution in [2.24, 2.45) is 5.73 Å². The normalized spacial score (nSPS) is 11.7. The van der Waals surface area contributed by atoms with E-state index in [1.54, 1.807) is 36.5 Å². The second-order valence-electron chi connectivity index (χ2n) is 5.27. The number of pyridine rings is 1. The number of rotatable bonds is 7. The van der Waals surface area contributed by atoms with E-state index in [4.69, 9.17) is 10.2 Å². The Morgan fingerprint density at radius 3 is 2.69 bits per heavy atom. The van der Waals surface area contributed by atoms with E-state index < -0.39 is 23.6 Å². The first-order valence-corrected chi connectivity index (χ1v) is 7.55. The second-order valence-corrected chi connectivity index (χ2v) is 5.27. The minimum absolute atomic E-state index is 0.0305. The summed E-state index contributed by atoms with van der Waals surface area (Å²) in [5.41, 5.74) is 5.64. The summed E-state index contributed by atoms with van der Waals surface area (Å²) in [6.45, 7) is 0. The molecule has 132 valence electrons. The van der Waals surface area contributed by atoms with Gasteiger partial charge >= 0.3 is 0 Å². The molecule has 2 amide bonds. The first kappa shape index (κ1) is 17.0. The van der Waals surface area contributed by atoms with E-state index in [1.807, 2.05) is 0 Å². The van der Waals surface area contributed by atoms with E-state index in [-0.39, 0.29) is 17.8 Å². The van der Waals surface area contributed by atoms with Crippen LogP contribution in [0.1, 0.15) is 16.2 Å². The second kappa shape index (κ2) is 7.38. The quantitative estimate of drug-likeness (QED) is 0.498. The van der Waals surface area contributed by atoms with Crippen molar-refractivity contribution in [1.82, 2.24) is 25.7 Å². The summed E-state index contributed by atoms with van der Waals surface area (Å²) in [7, 11) is 0. The molecule has 1 atom stereocenters. The topological polar surface area (TPSA) is 157 Å². The molecule has 3 rings (SSSR count). The summed E-state index contributed by atoms with van der Waals surface area (Å²) >= 11 is 0. The molecule has 3 heterocycles. The van der Waals surface area contributed by atoms with Crippen molar-refractivity contribution in [2.75, 3.05) is 0 Å². The van der Waals surface area contributed by atoms with Gasteiger partial charge < -0.3 is 15.5 Å². The highest BCUT2D eigenvalue weighted by Gasteiger charge is 2.29. The summed E-state index contributed by atoms with van der Waals surface area (Å²) in [5.74, 6) is -2.40. The molecule has 0 saturated heterocycles. The van der Waals surface area contributed by atoms with Gasteiger partial charge in [0.15, 0.2) is 5.69 Å². The molecule has 0 aliphatic carbocycles. The zero-order valence-corrected chi connectivity index (χ0v) is 13.4. The molecule has 0 radical (unpaired) electrons. The zero-order chi connectivity index (χ0) is 18.5. The van der Waals surface area contributed by atoms with Gasteiger partial charge in [-0.1, -0.05) is 6.07 Å². The number of nitrogens with two attached hydrogens (primary N) is 1. The van der Waals surface area contributed by atoms with Crippen LogP contribution in [0.3, 0.4) is 0 Å². The molecule has 0 aliphatic rings. The lowest BCUT2D eigenvalue weighted by atomic mass is 10.1. The van der Waals surface area contributed by atoms with Crippen LogP contribution in [0, 0.1) is 0 Å². The van der Waals surface area contributed by atoms with E-state index in [9.17, 15) is 14.4 Å². The largest absolute Gasteiger partial charge is 0.469 e. The van der Waals surface area contributed by atoms with E-state index in [2.05, 4.69) is 25.7 Å². The Labute approximate surface area is 146 Å². The van der Waals surface area contributed by atoms with Gasteiger partial charge in [-0.15, -0.1) is 0 Å². The van der Waals surface area contributed by atoms with Gasteiger partial charge in [-0.3, -0.25) is 19.4 Å². The fourth-order valence-electron chi connectivity index (χ4n) is 2.31. The van der Waals surface area contributed by atoms with Crippen molar-refractivity contribution < 1.29 is 18.8 Å². The number of Topliss-reactive ketones (excluding diaryl/α,β-unsaturated/α-hetero) is 1. The summed E-state index contributed by atoms with van der Waals surface area (Å²) in [4.78, 5) is 40.0. The Bertz CT molecular complexity index is 919. The Morgan fingerprint density at radius 1 is 1.19 bits per heavy atom. The number of H-pyrrole nitrogens is 1. The summed E-state index contributed by atoms with van der Waals surface area (Å²) in [6.07, 6.45) is 2.93. The van der Waals surface area contributed by atoms with Crippen molar-refractivity contribution >= 4 is 17.6 Å². The van der Waals surface area contributed by atoms with E-state index in [0.717, 1.165) is 0 Å². The van der Waals surface area contributed by atoms with E-state index in [1.165, 1.54) is 6.26 Å². The Hall–Kier alpha value is -3.82. The molecule has 1 unspecified atom stereocenters. The minimum Gasteiger partial charge on any atom is -0.469 e. The third kappa shape index (κ3) is 3.64. The molecule has 3 aromatic heterocycles. The van der Waals surface area contributed by atoms with E-state index >= 15 is 0 Å². The fraction of sp³-hybridized carbons (Fsp3) is 0.125. The minimum atomic E-state index is -1.19. The molecule has 10 heteroatoms. The number of hydrogen-bond donors (Lipinski definition) is 3. The molecule has 0 bridgehead atoms. The van der Waals surface area contributed by atoms with Crippen molar-refractivity contribution in [2.45, 2.75) is 12.5 Å². The number of carbonyl (C=O) groups is 3. The van der Waals surface area contributed by atoms with Crippen molar-refractivity contribution in [1.29, 1.82) is 0 Å². The highest BCUT2D eigenvalue weighted by Crippen LogP contribution is 2.16. The molecule has 0 spiro atoms. The first-order chi connectivity index (χ1) is 12.6. The predicted molar refractivity (Wildman–Crippen MR) is 87.5 cm³/mol. The average Bonchev–Trinajstić information content (AvgIpc) is 3.32. The molecule has 4 N–H and O–H groups in total. The van der Waals surface area contributed by atoms with Crippen molar-refractivity contribution in [3.63, 3.8) is 0 Å². The van der Waals surface area contributed by atoms with Gasteiger partial charge in [-0.25, -0.2) is 0 Å². The molecule has 26 heavy (non-hydrogen) atoms. The van der Waals surface area contributed by atoms with Gasteiger partial charge in [0.2, 0.25) is 5.78 Å². The number of amides is 2. The number of aromatic nitrogens is 4. The highest BCUT2D eigenvalue weighted by molar-refractivity contribution is 6.38. The lowest BCUT2D eigenvalue weighted by Crippen LogP contribution is -2.47. The van der Waals surface area contributed by atoms with Gasteiger partial charge in [0.1, 0.15) is 17.5 Å². The maximum Gasteiger partial charge on any atom is 0.287 e. The van der Waals surface area contributed by atoms with Gasteiger partial charge in [-0.05, 0) is 24.3 Å². The Morgan fingerprint density at radius 2 is 2.04 bits per heavy atom. The zero-order valence-electron chi connectivity index (χ0n) is 13.4. The Kier molecular flexibility index (Phi) is 4.83. The summed E-state index contributed by atoms with van der Waals surface area (Å²) in [5, 5.41) is 12.5. The van der Waals surface area contributed by atoms with Crippen LogP contribution in [0.4, 0.5) is 0 Å². The number of primary amides is 1. The molecule has 3 aromatic rings. The van der Waals surface area contributed by atoms with Crippen LogP contribution in [0.2, 0.25) is 0 Å². The Balaban J connectivity index is 1.83. The lowest BCUT2D eigenvalue weighted by molar-refractivity contribution is -0.137. The van der Waals surface area contributed by atoms with Gasteiger partial charge in [-0.2, -0.15) is 15.4 Å². The van der Waals surface area contributed by atoms with E-state index in [0.29, 0.717) is 11.5 Å². The number of carbonyl (C=O) groups excluding carboxylic acids is 3. The molecule has 0 aliphatic heterocycles. The molecular weight excluding hydrogens is 340 g/mol. The monoisotopic (exact) mass is 354 g/mol. The van der Waals surface area contributed by atoms with Gasteiger partial charge in [0.25, 0.3) is 11.8 Å². The average molecular weight is 354 g/mol. The highest BCUT2D eigenvalue weighted by atomic mass is 16.3. The van der Waals surface area contributed by atoms with Crippen LogP contribution in [0.25, 0.3) is 11.4 Å². The third-order valence-corrected chi connectivity index (χ3v) is 3.52. The van der Waals surface area contributed by atoms with Crippen LogP contribution < -0.4 is 11.1 Å². The standard InChI is InChI=1S/C16H14N6O4/c17-15(24)14(23)11(8-9-4-3-7-26-9)19-16(25)13-12(20-22-21-13)10-5-1-2-6-18-10/h1-7,11H,8H2,(H2,17,24)(H,19,25)(H,20,21,22). The SMILES string of the molecule is NC(=O)C(=O)C(Cc1ccco1)NC(=O)c1n[nH]nc1-c1ccccn1. The smallest absolute Gasteiger partial charge is 0.287 e. The van der Waals surface area contributed by atoms with Crippen molar-refractivity contribution in [3.8, 4) is 11.4 Å². The summed E-state index contributed by atoms with van der Waals surface area (Å²) in [6, 6.07) is 7.15. The van der Waals surface area contributed by atoms with Crippen LogP contribution in [0.5, 0.6) is 0 Å². The van der Waals surface area contributed by atoms with Crippen LogP contribution in [0.15, 0.2) is 47.2 Å². The number of furan rings is 1. The predicted octanol–water partition coefficient (Wildman–Crippen LogP) is -0.145. The van der Waals surface area contributed by atoms with Crippen LogP contribution in [-0.4, -0.2) is 44.0 Å².